The molecule has 3 rings (SSSR count). The molecule has 0 aliphatic carbocycles. The number of rotatable bonds is 7. The van der Waals surface area contributed by atoms with Crippen LogP contribution in [0.25, 0.3) is 4.96 Å². The average Bonchev–Trinajstić information content (AvgIpc) is 3.19. The molecule has 0 radical (unpaired) electrons. The molecule has 0 unspecified atom stereocenters. The maximum Gasteiger partial charge on any atom is 0.226 e. The number of nitrogens with zero attached hydrogens (tertiary/aromatic N) is 2. The first-order chi connectivity index (χ1) is 12.5. The molecule has 26 heavy (non-hydrogen) atoms. The molecular weight excluding hydrogens is 354 g/mol. The highest BCUT2D eigenvalue weighted by molar-refractivity contribution is 7.15. The van der Waals surface area contributed by atoms with Crippen molar-refractivity contribution in [2.45, 2.75) is 19.9 Å². The van der Waals surface area contributed by atoms with E-state index in [0.717, 1.165) is 21.9 Å². The van der Waals surface area contributed by atoms with E-state index in [1.807, 2.05) is 22.9 Å². The summed E-state index contributed by atoms with van der Waals surface area (Å²) in [5.74, 6) is 1.72. The molecule has 1 N–H and O–H groups in total. The van der Waals surface area contributed by atoms with Crippen LogP contribution in [0.4, 0.5) is 0 Å². The zero-order valence-electron chi connectivity index (χ0n) is 15.2. The van der Waals surface area contributed by atoms with E-state index in [1.54, 1.807) is 33.5 Å². The molecule has 0 aliphatic heterocycles. The first-order valence-corrected chi connectivity index (χ1v) is 8.91. The third kappa shape index (κ3) is 3.60. The minimum Gasteiger partial charge on any atom is -0.496 e. The van der Waals surface area contributed by atoms with Crippen LogP contribution in [-0.2, 0) is 17.8 Å². The number of aromatic nitrogens is 2. The van der Waals surface area contributed by atoms with Gasteiger partial charge < -0.3 is 19.5 Å². The zero-order valence-corrected chi connectivity index (χ0v) is 16.0. The van der Waals surface area contributed by atoms with Crippen LogP contribution in [0.3, 0.4) is 0 Å². The number of imidazole rings is 1. The minimum absolute atomic E-state index is 0.0760. The number of amides is 1. The standard InChI is InChI=1S/C18H21N3O4S/c1-11-9-21-13(10-26-18(21)20-11)6-17(22)19-8-12-5-15(24-3)16(25-4)7-14(12)23-2/h5,7,9-10H,6,8H2,1-4H3,(H,19,22). The van der Waals surface area contributed by atoms with Gasteiger partial charge in [0, 0.05) is 35.4 Å². The Labute approximate surface area is 155 Å². The lowest BCUT2D eigenvalue weighted by Gasteiger charge is -2.14. The molecule has 0 fully saturated rings. The highest BCUT2D eigenvalue weighted by Crippen LogP contribution is 2.34. The minimum atomic E-state index is -0.0760. The summed E-state index contributed by atoms with van der Waals surface area (Å²) in [6, 6.07) is 3.55. The third-order valence-electron chi connectivity index (χ3n) is 4.01. The van der Waals surface area contributed by atoms with Crippen LogP contribution < -0.4 is 19.5 Å². The number of benzene rings is 1. The summed E-state index contributed by atoms with van der Waals surface area (Å²) >= 11 is 1.53. The molecule has 2 heterocycles. The fourth-order valence-electron chi connectivity index (χ4n) is 2.72. The van der Waals surface area contributed by atoms with Gasteiger partial charge in [0.2, 0.25) is 5.91 Å². The normalized spacial score (nSPS) is 10.8. The summed E-state index contributed by atoms with van der Waals surface area (Å²) in [5, 5.41) is 4.88. The van der Waals surface area contributed by atoms with Gasteiger partial charge in [0.1, 0.15) is 5.75 Å². The first kappa shape index (κ1) is 18.1. The monoisotopic (exact) mass is 375 g/mol. The molecule has 0 saturated carbocycles. The molecule has 1 aromatic carbocycles. The van der Waals surface area contributed by atoms with E-state index in [-0.39, 0.29) is 12.3 Å². The Morgan fingerprint density at radius 2 is 1.85 bits per heavy atom. The molecule has 2 aromatic heterocycles. The molecule has 3 aromatic rings. The average molecular weight is 375 g/mol. The van der Waals surface area contributed by atoms with Crippen molar-refractivity contribution in [1.82, 2.24) is 14.7 Å². The van der Waals surface area contributed by atoms with Gasteiger partial charge in [0.15, 0.2) is 16.5 Å². The number of carbonyl (C=O) groups excluding carboxylic acids is 1. The lowest BCUT2D eigenvalue weighted by atomic mass is 10.1. The van der Waals surface area contributed by atoms with Crippen molar-refractivity contribution in [2.24, 2.45) is 0 Å². The Balaban J connectivity index is 1.71. The summed E-state index contributed by atoms with van der Waals surface area (Å²) in [4.78, 5) is 17.7. The van der Waals surface area contributed by atoms with Crippen LogP contribution in [0.2, 0.25) is 0 Å². The second-order valence-corrected chi connectivity index (χ2v) is 6.57. The summed E-state index contributed by atoms with van der Waals surface area (Å²) in [6.45, 7) is 2.27. The molecule has 8 heteroatoms. The van der Waals surface area contributed by atoms with E-state index in [2.05, 4.69) is 10.3 Å². The number of hydrogen-bond donors (Lipinski definition) is 1. The summed E-state index contributed by atoms with van der Waals surface area (Å²) < 4.78 is 17.9. The number of fused-ring (bicyclic) bond motifs is 1. The molecule has 0 spiro atoms. The van der Waals surface area contributed by atoms with Crippen LogP contribution in [0.5, 0.6) is 17.2 Å². The molecular formula is C18H21N3O4S. The van der Waals surface area contributed by atoms with Crippen LogP contribution in [-0.4, -0.2) is 36.6 Å². The van der Waals surface area contributed by atoms with Crippen molar-refractivity contribution >= 4 is 22.2 Å². The van der Waals surface area contributed by atoms with Crippen molar-refractivity contribution in [3.8, 4) is 17.2 Å². The van der Waals surface area contributed by atoms with E-state index >= 15 is 0 Å². The van der Waals surface area contributed by atoms with Crippen molar-refractivity contribution in [1.29, 1.82) is 0 Å². The van der Waals surface area contributed by atoms with Gasteiger partial charge in [-0.05, 0) is 13.0 Å². The van der Waals surface area contributed by atoms with Gasteiger partial charge in [0.25, 0.3) is 0 Å². The van der Waals surface area contributed by atoms with Crippen LogP contribution in [0.15, 0.2) is 23.7 Å². The predicted molar refractivity (Wildman–Crippen MR) is 99.5 cm³/mol. The quantitative estimate of drug-likeness (QED) is 0.687. The van der Waals surface area contributed by atoms with Gasteiger partial charge in [-0.15, -0.1) is 11.3 Å². The van der Waals surface area contributed by atoms with E-state index < -0.39 is 0 Å². The topological polar surface area (TPSA) is 74.1 Å². The van der Waals surface area contributed by atoms with Gasteiger partial charge >= 0.3 is 0 Å². The van der Waals surface area contributed by atoms with E-state index in [9.17, 15) is 4.79 Å². The summed E-state index contributed by atoms with van der Waals surface area (Å²) in [7, 11) is 4.72. The fourth-order valence-corrected chi connectivity index (χ4v) is 3.64. The third-order valence-corrected chi connectivity index (χ3v) is 4.90. The Bertz CT molecular complexity index is 932. The maximum atomic E-state index is 12.4. The number of carbonyl (C=O) groups is 1. The molecule has 138 valence electrons. The molecule has 0 saturated heterocycles. The lowest BCUT2D eigenvalue weighted by Crippen LogP contribution is -2.25. The SMILES string of the molecule is COc1cc(OC)c(OC)cc1CNC(=O)Cc1csc2nc(C)cn12. The number of methoxy groups -OCH3 is 3. The van der Waals surface area contributed by atoms with E-state index in [4.69, 9.17) is 14.2 Å². The Morgan fingerprint density at radius 3 is 2.54 bits per heavy atom. The van der Waals surface area contributed by atoms with Crippen LogP contribution in [0.1, 0.15) is 17.0 Å². The van der Waals surface area contributed by atoms with Crippen molar-refractivity contribution < 1.29 is 19.0 Å². The van der Waals surface area contributed by atoms with Gasteiger partial charge in [-0.1, -0.05) is 0 Å². The molecule has 0 atom stereocenters. The number of aryl methyl sites for hydroxylation is 1. The smallest absolute Gasteiger partial charge is 0.226 e. The summed E-state index contributed by atoms with van der Waals surface area (Å²) in [6.07, 6.45) is 2.22. The highest BCUT2D eigenvalue weighted by Gasteiger charge is 2.14. The zero-order chi connectivity index (χ0) is 18.7. The first-order valence-electron chi connectivity index (χ1n) is 8.03. The van der Waals surface area contributed by atoms with Gasteiger partial charge in [0.05, 0.1) is 33.4 Å². The van der Waals surface area contributed by atoms with Crippen molar-refractivity contribution in [3.63, 3.8) is 0 Å². The van der Waals surface area contributed by atoms with E-state index in [0.29, 0.717) is 23.8 Å². The molecule has 7 nitrogen and oxygen atoms in total. The number of hydrogen-bond acceptors (Lipinski definition) is 6. The van der Waals surface area contributed by atoms with Gasteiger partial charge in [-0.2, -0.15) is 0 Å². The number of ether oxygens (including phenoxy) is 3. The van der Waals surface area contributed by atoms with Crippen molar-refractivity contribution in [2.75, 3.05) is 21.3 Å². The molecule has 0 bridgehead atoms. The van der Waals surface area contributed by atoms with Gasteiger partial charge in [-0.3, -0.25) is 9.20 Å². The van der Waals surface area contributed by atoms with Crippen LogP contribution in [0, 0.1) is 6.92 Å². The Kier molecular flexibility index (Phi) is 5.32. The second kappa shape index (κ2) is 7.65. The summed E-state index contributed by atoms with van der Waals surface area (Å²) in [5.41, 5.74) is 2.67. The predicted octanol–water partition coefficient (Wildman–Crippen LogP) is 2.59. The fraction of sp³-hybridized carbons (Fsp3) is 0.333. The number of thiazole rings is 1. The van der Waals surface area contributed by atoms with Crippen LogP contribution >= 0.6 is 11.3 Å². The number of nitrogens with one attached hydrogen (secondary N) is 1. The van der Waals surface area contributed by atoms with E-state index in [1.165, 1.54) is 11.3 Å². The molecule has 1 amide bonds. The Morgan fingerprint density at radius 1 is 1.15 bits per heavy atom. The lowest BCUT2D eigenvalue weighted by molar-refractivity contribution is -0.120. The molecule has 0 aliphatic rings. The van der Waals surface area contributed by atoms with Crippen molar-refractivity contribution in [3.05, 3.63) is 40.7 Å². The maximum absolute atomic E-state index is 12.4. The second-order valence-electron chi connectivity index (χ2n) is 5.73. The Hall–Kier alpha value is -2.74. The largest absolute Gasteiger partial charge is 0.496 e. The highest BCUT2D eigenvalue weighted by atomic mass is 32.1. The van der Waals surface area contributed by atoms with Gasteiger partial charge in [-0.25, -0.2) is 4.98 Å².